The molecule has 2 aromatic rings. The van der Waals surface area contributed by atoms with Crippen LogP contribution in [0.25, 0.3) is 0 Å². The molecule has 1 heterocycles. The molecule has 0 saturated heterocycles. The van der Waals surface area contributed by atoms with E-state index in [1.165, 1.54) is 6.07 Å². The summed E-state index contributed by atoms with van der Waals surface area (Å²) in [6.07, 6.45) is 4.09. The van der Waals surface area contributed by atoms with Crippen molar-refractivity contribution in [1.82, 2.24) is 10.3 Å². The number of carbonyl (C=O) groups excluding carboxylic acids is 1. The quantitative estimate of drug-likeness (QED) is 0.796. The zero-order valence-electron chi connectivity index (χ0n) is 12.8. The Hall–Kier alpha value is -2.50. The van der Waals surface area contributed by atoms with Crippen LogP contribution >= 0.6 is 0 Å². The number of nitrogens with one attached hydrogen (secondary N) is 1. The fourth-order valence-electron chi connectivity index (χ4n) is 2.03. The smallest absolute Gasteiger partial charge is 0.220 e. The van der Waals surface area contributed by atoms with Crippen LogP contribution in [-0.2, 0) is 4.79 Å². The molecule has 1 amide bonds. The summed E-state index contributed by atoms with van der Waals surface area (Å²) in [5, 5.41) is 2.75. The number of hydrogen-bond donors (Lipinski definition) is 1. The summed E-state index contributed by atoms with van der Waals surface area (Å²) in [5.74, 6) is -1.34. The number of hydrogen-bond acceptors (Lipinski definition) is 3. The van der Waals surface area contributed by atoms with Crippen LogP contribution in [0.1, 0.15) is 31.4 Å². The minimum absolute atomic E-state index is 0.169. The van der Waals surface area contributed by atoms with E-state index in [9.17, 15) is 13.6 Å². The van der Waals surface area contributed by atoms with Gasteiger partial charge in [0.05, 0.1) is 18.8 Å². The highest BCUT2D eigenvalue weighted by atomic mass is 19.2. The molecule has 0 bridgehead atoms. The molecule has 122 valence electrons. The molecule has 4 nitrogen and oxygen atoms in total. The third-order valence-corrected chi connectivity index (χ3v) is 3.27. The molecule has 0 saturated carbocycles. The predicted molar refractivity (Wildman–Crippen MR) is 81.9 cm³/mol. The molecule has 1 unspecified atom stereocenters. The molecule has 0 aliphatic heterocycles. The monoisotopic (exact) mass is 320 g/mol. The Labute approximate surface area is 133 Å². The average Bonchev–Trinajstić information content (AvgIpc) is 2.55. The SMILES string of the molecule is CC(NC(=O)CCCOc1cccnc1)c1ccc(F)c(F)c1. The first-order valence-corrected chi connectivity index (χ1v) is 7.33. The zero-order valence-corrected chi connectivity index (χ0v) is 12.8. The summed E-state index contributed by atoms with van der Waals surface area (Å²) in [5.41, 5.74) is 0.517. The molecular formula is C17H18F2N2O2. The second-order valence-corrected chi connectivity index (χ2v) is 5.10. The highest BCUT2D eigenvalue weighted by Gasteiger charge is 2.12. The van der Waals surface area contributed by atoms with Crippen molar-refractivity contribution < 1.29 is 18.3 Å². The number of aromatic nitrogens is 1. The van der Waals surface area contributed by atoms with Crippen LogP contribution in [0.3, 0.4) is 0 Å². The number of halogens is 2. The number of carbonyl (C=O) groups is 1. The number of amides is 1. The Bertz CT molecular complexity index is 650. The van der Waals surface area contributed by atoms with Crippen LogP contribution in [-0.4, -0.2) is 17.5 Å². The van der Waals surface area contributed by atoms with Crippen molar-refractivity contribution in [2.75, 3.05) is 6.61 Å². The van der Waals surface area contributed by atoms with Crippen LogP contribution in [0.5, 0.6) is 5.75 Å². The van der Waals surface area contributed by atoms with Crippen molar-refractivity contribution in [2.24, 2.45) is 0 Å². The molecule has 6 heteroatoms. The van der Waals surface area contributed by atoms with Gasteiger partial charge in [-0.2, -0.15) is 0 Å². The van der Waals surface area contributed by atoms with E-state index in [1.54, 1.807) is 31.5 Å². The van der Waals surface area contributed by atoms with Gasteiger partial charge in [0, 0.05) is 12.6 Å². The van der Waals surface area contributed by atoms with Crippen LogP contribution in [0.15, 0.2) is 42.7 Å². The van der Waals surface area contributed by atoms with Crippen molar-refractivity contribution in [3.05, 3.63) is 59.9 Å². The molecule has 0 aliphatic carbocycles. The first-order valence-electron chi connectivity index (χ1n) is 7.33. The summed E-state index contributed by atoms with van der Waals surface area (Å²) in [6, 6.07) is 6.76. The Balaban J connectivity index is 1.72. The summed E-state index contributed by atoms with van der Waals surface area (Å²) in [6.45, 7) is 2.12. The van der Waals surface area contributed by atoms with Gasteiger partial charge in [0.25, 0.3) is 0 Å². The van der Waals surface area contributed by atoms with Crippen LogP contribution in [0.2, 0.25) is 0 Å². The van der Waals surface area contributed by atoms with Crippen molar-refractivity contribution in [3.8, 4) is 5.75 Å². The normalized spacial score (nSPS) is 11.8. The van der Waals surface area contributed by atoms with Crippen LogP contribution < -0.4 is 10.1 Å². The summed E-state index contributed by atoms with van der Waals surface area (Å²) < 4.78 is 31.5. The maximum Gasteiger partial charge on any atom is 0.220 e. The number of rotatable bonds is 7. The molecule has 1 N–H and O–H groups in total. The number of ether oxygens (including phenoxy) is 1. The van der Waals surface area contributed by atoms with Gasteiger partial charge in [-0.25, -0.2) is 8.78 Å². The van der Waals surface area contributed by atoms with E-state index >= 15 is 0 Å². The third-order valence-electron chi connectivity index (χ3n) is 3.27. The molecule has 1 atom stereocenters. The lowest BCUT2D eigenvalue weighted by molar-refractivity contribution is -0.121. The Kier molecular flexibility index (Phi) is 6.02. The molecule has 0 spiro atoms. The second-order valence-electron chi connectivity index (χ2n) is 5.10. The summed E-state index contributed by atoms with van der Waals surface area (Å²) >= 11 is 0. The highest BCUT2D eigenvalue weighted by molar-refractivity contribution is 5.76. The molecule has 0 radical (unpaired) electrons. The van der Waals surface area contributed by atoms with Crippen molar-refractivity contribution in [3.63, 3.8) is 0 Å². The number of benzene rings is 1. The molecule has 2 rings (SSSR count). The van der Waals surface area contributed by atoms with Gasteiger partial charge in [-0.15, -0.1) is 0 Å². The zero-order chi connectivity index (χ0) is 16.7. The standard InChI is InChI=1S/C17H18F2N2O2/c1-12(13-6-7-15(18)16(19)10-13)21-17(22)5-3-9-23-14-4-2-8-20-11-14/h2,4,6-8,10-12H,3,5,9H2,1H3,(H,21,22). The highest BCUT2D eigenvalue weighted by Crippen LogP contribution is 2.16. The van der Waals surface area contributed by atoms with E-state index < -0.39 is 17.7 Å². The van der Waals surface area contributed by atoms with E-state index in [1.807, 2.05) is 0 Å². The number of pyridine rings is 1. The lowest BCUT2D eigenvalue weighted by atomic mass is 10.1. The Morgan fingerprint density at radius 3 is 2.83 bits per heavy atom. The third kappa shape index (κ3) is 5.32. The molecule has 1 aromatic carbocycles. The van der Waals surface area contributed by atoms with Crippen molar-refractivity contribution >= 4 is 5.91 Å². The predicted octanol–water partition coefficient (Wildman–Crippen LogP) is 3.40. The van der Waals surface area contributed by atoms with Crippen LogP contribution in [0, 0.1) is 11.6 Å². The molecule has 0 aliphatic rings. The van der Waals surface area contributed by atoms with E-state index in [4.69, 9.17) is 4.74 Å². The van der Waals surface area contributed by atoms with E-state index in [-0.39, 0.29) is 12.3 Å². The lowest BCUT2D eigenvalue weighted by Gasteiger charge is -2.14. The average molecular weight is 320 g/mol. The van der Waals surface area contributed by atoms with Gasteiger partial charge in [-0.3, -0.25) is 9.78 Å². The van der Waals surface area contributed by atoms with E-state index in [2.05, 4.69) is 10.3 Å². The number of nitrogens with zero attached hydrogens (tertiary/aromatic N) is 1. The van der Waals surface area contributed by atoms with Gasteiger partial charge in [0.2, 0.25) is 5.91 Å². The second kappa shape index (κ2) is 8.22. The topological polar surface area (TPSA) is 51.2 Å². The molecule has 23 heavy (non-hydrogen) atoms. The van der Waals surface area contributed by atoms with Gasteiger partial charge in [0.15, 0.2) is 11.6 Å². The Morgan fingerprint density at radius 1 is 1.30 bits per heavy atom. The summed E-state index contributed by atoms with van der Waals surface area (Å²) in [4.78, 5) is 15.8. The van der Waals surface area contributed by atoms with Crippen LogP contribution in [0.4, 0.5) is 8.78 Å². The van der Waals surface area contributed by atoms with E-state index in [0.29, 0.717) is 24.3 Å². The van der Waals surface area contributed by atoms with E-state index in [0.717, 1.165) is 12.1 Å². The minimum Gasteiger partial charge on any atom is -0.492 e. The van der Waals surface area contributed by atoms with Gasteiger partial charge >= 0.3 is 0 Å². The van der Waals surface area contributed by atoms with Gasteiger partial charge in [-0.1, -0.05) is 6.07 Å². The van der Waals surface area contributed by atoms with Gasteiger partial charge in [-0.05, 0) is 43.2 Å². The molecular weight excluding hydrogens is 302 g/mol. The van der Waals surface area contributed by atoms with Crippen molar-refractivity contribution in [2.45, 2.75) is 25.8 Å². The first-order chi connectivity index (χ1) is 11.1. The fraction of sp³-hybridized carbons (Fsp3) is 0.294. The van der Waals surface area contributed by atoms with Gasteiger partial charge in [0.1, 0.15) is 5.75 Å². The molecule has 1 aromatic heterocycles. The van der Waals surface area contributed by atoms with Gasteiger partial charge < -0.3 is 10.1 Å². The lowest BCUT2D eigenvalue weighted by Crippen LogP contribution is -2.26. The maximum atomic E-state index is 13.2. The van der Waals surface area contributed by atoms with Crippen molar-refractivity contribution in [1.29, 1.82) is 0 Å². The fourth-order valence-corrected chi connectivity index (χ4v) is 2.03. The first kappa shape index (κ1) is 16.9. The maximum absolute atomic E-state index is 13.2. The largest absolute Gasteiger partial charge is 0.492 e. The molecule has 0 fully saturated rings. The minimum atomic E-state index is -0.923. The summed E-state index contributed by atoms with van der Waals surface area (Å²) in [7, 11) is 0. The Morgan fingerprint density at radius 2 is 2.13 bits per heavy atom.